The predicted molar refractivity (Wildman–Crippen MR) is 87.3 cm³/mol. The molecule has 104 valence electrons. The molecule has 0 bridgehead atoms. The minimum atomic E-state index is 0.445. The van der Waals surface area contributed by atoms with Crippen molar-refractivity contribution >= 4 is 28.4 Å². The molecule has 20 heavy (non-hydrogen) atoms. The van der Waals surface area contributed by atoms with Crippen molar-refractivity contribution in [2.45, 2.75) is 25.4 Å². The highest BCUT2D eigenvalue weighted by Crippen LogP contribution is 2.40. The molecule has 1 aliphatic rings. The third-order valence-corrected chi connectivity index (χ3v) is 4.60. The molecule has 1 aliphatic carbocycles. The Kier molecular flexibility index (Phi) is 3.89. The van der Waals surface area contributed by atoms with Crippen molar-refractivity contribution in [2.24, 2.45) is 0 Å². The molecule has 0 amide bonds. The van der Waals surface area contributed by atoms with Gasteiger partial charge in [-0.25, -0.2) is 9.97 Å². The SMILES string of the molecule is COCc1nc(-c2cccc(C3CC3)c2)nc(N)c1I. The van der Waals surface area contributed by atoms with Gasteiger partial charge in [-0.1, -0.05) is 18.2 Å². The van der Waals surface area contributed by atoms with Crippen molar-refractivity contribution < 1.29 is 4.74 Å². The molecule has 0 aliphatic heterocycles. The number of halogens is 1. The van der Waals surface area contributed by atoms with Gasteiger partial charge in [0.05, 0.1) is 15.9 Å². The number of nitrogens with zero attached hydrogens (tertiary/aromatic N) is 2. The maximum Gasteiger partial charge on any atom is 0.161 e. The second-order valence-electron chi connectivity index (χ2n) is 5.03. The number of nitrogens with two attached hydrogens (primary N) is 1. The molecule has 4 nitrogen and oxygen atoms in total. The predicted octanol–water partition coefficient (Wildman–Crippen LogP) is 3.35. The van der Waals surface area contributed by atoms with Crippen LogP contribution in [0.2, 0.25) is 0 Å². The van der Waals surface area contributed by atoms with Crippen LogP contribution in [0.15, 0.2) is 24.3 Å². The van der Waals surface area contributed by atoms with E-state index in [0.29, 0.717) is 18.2 Å². The molecule has 2 aromatic rings. The number of methoxy groups -OCH3 is 1. The Bertz CT molecular complexity index is 641. The smallest absolute Gasteiger partial charge is 0.161 e. The van der Waals surface area contributed by atoms with E-state index in [4.69, 9.17) is 10.5 Å². The molecule has 1 saturated carbocycles. The third kappa shape index (κ3) is 2.78. The number of aromatic nitrogens is 2. The van der Waals surface area contributed by atoms with E-state index in [9.17, 15) is 0 Å². The van der Waals surface area contributed by atoms with Crippen LogP contribution in [0.1, 0.15) is 30.0 Å². The Labute approximate surface area is 131 Å². The van der Waals surface area contributed by atoms with Gasteiger partial charge in [-0.15, -0.1) is 0 Å². The third-order valence-electron chi connectivity index (χ3n) is 3.42. The first kappa shape index (κ1) is 13.8. The highest BCUT2D eigenvalue weighted by atomic mass is 127. The summed E-state index contributed by atoms with van der Waals surface area (Å²) >= 11 is 2.16. The van der Waals surface area contributed by atoms with Crippen LogP contribution in [-0.4, -0.2) is 17.1 Å². The molecule has 0 spiro atoms. The average Bonchev–Trinajstić information content (AvgIpc) is 3.28. The highest BCUT2D eigenvalue weighted by Gasteiger charge is 2.23. The minimum absolute atomic E-state index is 0.445. The van der Waals surface area contributed by atoms with E-state index in [1.54, 1.807) is 7.11 Å². The van der Waals surface area contributed by atoms with Crippen molar-refractivity contribution in [3.63, 3.8) is 0 Å². The fourth-order valence-electron chi connectivity index (χ4n) is 2.22. The number of benzene rings is 1. The molecule has 1 heterocycles. The molecule has 5 heteroatoms. The van der Waals surface area contributed by atoms with Crippen molar-refractivity contribution in [1.82, 2.24) is 9.97 Å². The van der Waals surface area contributed by atoms with Gasteiger partial charge >= 0.3 is 0 Å². The van der Waals surface area contributed by atoms with Gasteiger partial charge in [0.25, 0.3) is 0 Å². The molecular weight excluding hydrogens is 365 g/mol. The standard InChI is InChI=1S/C15H16IN3O/c1-20-8-12-13(16)14(17)19-15(18-12)11-4-2-3-10(7-11)9-5-6-9/h2-4,7,9H,5-6,8H2,1H3,(H2,17,18,19). The molecule has 0 radical (unpaired) electrons. The monoisotopic (exact) mass is 381 g/mol. The summed E-state index contributed by atoms with van der Waals surface area (Å²) < 4.78 is 6.04. The minimum Gasteiger partial charge on any atom is -0.383 e. The molecule has 0 unspecified atom stereocenters. The summed E-state index contributed by atoms with van der Waals surface area (Å²) in [6.07, 6.45) is 2.57. The number of hydrogen-bond acceptors (Lipinski definition) is 4. The molecule has 1 aromatic carbocycles. The highest BCUT2D eigenvalue weighted by molar-refractivity contribution is 14.1. The maximum atomic E-state index is 5.99. The van der Waals surface area contributed by atoms with Gasteiger partial charge in [0.15, 0.2) is 5.82 Å². The largest absolute Gasteiger partial charge is 0.383 e. The van der Waals surface area contributed by atoms with Crippen LogP contribution in [0.3, 0.4) is 0 Å². The van der Waals surface area contributed by atoms with Gasteiger partial charge in [0, 0.05) is 12.7 Å². The fraction of sp³-hybridized carbons (Fsp3) is 0.333. The van der Waals surface area contributed by atoms with Crippen LogP contribution in [0, 0.1) is 3.57 Å². The summed E-state index contributed by atoms with van der Waals surface area (Å²) in [5, 5.41) is 0. The van der Waals surface area contributed by atoms with Crippen LogP contribution in [0.5, 0.6) is 0 Å². The lowest BCUT2D eigenvalue weighted by molar-refractivity contribution is 0.181. The topological polar surface area (TPSA) is 61.0 Å². The lowest BCUT2D eigenvalue weighted by Gasteiger charge is -2.09. The molecule has 3 rings (SSSR count). The van der Waals surface area contributed by atoms with Gasteiger partial charge in [-0.2, -0.15) is 0 Å². The van der Waals surface area contributed by atoms with E-state index in [1.807, 2.05) is 6.07 Å². The van der Waals surface area contributed by atoms with Crippen molar-refractivity contribution in [2.75, 3.05) is 12.8 Å². The summed E-state index contributed by atoms with van der Waals surface area (Å²) in [7, 11) is 1.65. The van der Waals surface area contributed by atoms with Crippen LogP contribution in [0.4, 0.5) is 5.82 Å². The Morgan fingerprint density at radius 1 is 1.35 bits per heavy atom. The summed E-state index contributed by atoms with van der Waals surface area (Å²) in [6.45, 7) is 0.445. The fourth-order valence-corrected chi connectivity index (χ4v) is 2.62. The summed E-state index contributed by atoms with van der Waals surface area (Å²) in [4.78, 5) is 9.00. The van der Waals surface area contributed by atoms with E-state index < -0.39 is 0 Å². The number of rotatable bonds is 4. The van der Waals surface area contributed by atoms with Crippen molar-refractivity contribution in [3.05, 3.63) is 39.1 Å². The lowest BCUT2D eigenvalue weighted by atomic mass is 10.1. The Morgan fingerprint density at radius 2 is 2.15 bits per heavy atom. The Morgan fingerprint density at radius 3 is 2.85 bits per heavy atom. The molecule has 0 saturated heterocycles. The average molecular weight is 381 g/mol. The van der Waals surface area contributed by atoms with Crippen LogP contribution >= 0.6 is 22.6 Å². The quantitative estimate of drug-likeness (QED) is 0.826. The maximum absolute atomic E-state index is 5.99. The molecular formula is C15H16IN3O. The molecule has 1 aromatic heterocycles. The van der Waals surface area contributed by atoms with Gasteiger partial charge < -0.3 is 10.5 Å². The molecule has 2 N–H and O–H groups in total. The Balaban J connectivity index is 2.02. The van der Waals surface area contributed by atoms with Gasteiger partial charge in [0.2, 0.25) is 0 Å². The number of nitrogen functional groups attached to an aromatic ring is 1. The van der Waals surface area contributed by atoms with Crippen LogP contribution < -0.4 is 5.73 Å². The van der Waals surface area contributed by atoms with Gasteiger partial charge in [-0.05, 0) is 53.0 Å². The van der Waals surface area contributed by atoms with Gasteiger partial charge in [-0.3, -0.25) is 0 Å². The number of hydrogen-bond donors (Lipinski definition) is 1. The first-order valence-electron chi connectivity index (χ1n) is 6.60. The van der Waals surface area contributed by atoms with Crippen molar-refractivity contribution in [3.8, 4) is 11.4 Å². The van der Waals surface area contributed by atoms with Crippen LogP contribution in [0.25, 0.3) is 11.4 Å². The van der Waals surface area contributed by atoms with Crippen molar-refractivity contribution in [1.29, 1.82) is 0 Å². The number of anilines is 1. The molecule has 0 atom stereocenters. The second kappa shape index (κ2) is 5.65. The number of ether oxygens (including phenoxy) is 1. The summed E-state index contributed by atoms with van der Waals surface area (Å²) in [5.41, 5.74) is 9.22. The van der Waals surface area contributed by atoms with E-state index in [2.05, 4.69) is 50.8 Å². The van der Waals surface area contributed by atoms with Crippen LogP contribution in [-0.2, 0) is 11.3 Å². The second-order valence-corrected chi connectivity index (χ2v) is 6.10. The van der Waals surface area contributed by atoms with E-state index in [0.717, 1.165) is 20.7 Å². The summed E-state index contributed by atoms with van der Waals surface area (Å²) in [5.74, 6) is 1.91. The zero-order valence-electron chi connectivity index (χ0n) is 11.3. The first-order chi connectivity index (χ1) is 9.69. The zero-order chi connectivity index (χ0) is 14.1. The van der Waals surface area contributed by atoms with E-state index in [1.165, 1.54) is 18.4 Å². The first-order valence-corrected chi connectivity index (χ1v) is 7.68. The lowest BCUT2D eigenvalue weighted by Crippen LogP contribution is -2.06. The normalized spacial score (nSPS) is 14.5. The van der Waals surface area contributed by atoms with E-state index >= 15 is 0 Å². The summed E-state index contributed by atoms with van der Waals surface area (Å²) in [6, 6.07) is 8.45. The zero-order valence-corrected chi connectivity index (χ0v) is 13.4. The molecule has 1 fully saturated rings. The van der Waals surface area contributed by atoms with E-state index in [-0.39, 0.29) is 0 Å². The van der Waals surface area contributed by atoms with Gasteiger partial charge in [0.1, 0.15) is 5.82 Å². The Hall–Kier alpha value is -1.21.